The van der Waals surface area contributed by atoms with Gasteiger partial charge in [-0.1, -0.05) is 49.5 Å². The van der Waals surface area contributed by atoms with E-state index in [1.54, 1.807) is 35.0 Å². The van der Waals surface area contributed by atoms with E-state index in [4.69, 9.17) is 18.9 Å². The summed E-state index contributed by atoms with van der Waals surface area (Å²) in [6.45, 7) is 9.07. The molecule has 2 amide bonds. The molecule has 0 aromatic heterocycles. The van der Waals surface area contributed by atoms with Crippen molar-refractivity contribution in [2.24, 2.45) is 0 Å². The van der Waals surface area contributed by atoms with Gasteiger partial charge in [-0.15, -0.1) is 0 Å². The number of benzene rings is 2. The molecule has 0 aliphatic carbocycles. The molecule has 2 rings (SSSR count). The first kappa shape index (κ1) is 30.7. The molecule has 38 heavy (non-hydrogen) atoms. The van der Waals surface area contributed by atoms with Gasteiger partial charge in [0.2, 0.25) is 5.91 Å². The van der Waals surface area contributed by atoms with Crippen molar-refractivity contribution in [1.29, 1.82) is 0 Å². The molecule has 208 valence electrons. The number of carbonyl (C=O) groups is 3. The second kappa shape index (κ2) is 13.3. The van der Waals surface area contributed by atoms with Crippen molar-refractivity contribution in [1.82, 2.24) is 10.2 Å². The number of carbonyl (C=O) groups excluding carboxylic acids is 3. The smallest absolute Gasteiger partial charge is 0.408 e. The Kier molecular flexibility index (Phi) is 10.8. The second-order valence-corrected chi connectivity index (χ2v) is 15.2. The topological polar surface area (TPSA) is 103 Å². The van der Waals surface area contributed by atoms with Crippen molar-refractivity contribution < 1.29 is 33.3 Å². The highest BCUT2D eigenvalue weighted by atomic mass is 28.3. The number of hydrogen-bond acceptors (Lipinski definition) is 7. The van der Waals surface area contributed by atoms with E-state index in [1.807, 2.05) is 48.5 Å². The van der Waals surface area contributed by atoms with Gasteiger partial charge in [-0.2, -0.15) is 0 Å². The predicted molar refractivity (Wildman–Crippen MR) is 149 cm³/mol. The van der Waals surface area contributed by atoms with Crippen molar-refractivity contribution >= 4 is 31.2 Å². The van der Waals surface area contributed by atoms with E-state index in [0.717, 1.165) is 10.8 Å². The molecule has 0 fully saturated rings. The lowest BCUT2D eigenvalue weighted by molar-refractivity contribution is -0.151. The number of ether oxygens (including phenoxy) is 4. The van der Waals surface area contributed by atoms with Gasteiger partial charge in [-0.05, 0) is 37.6 Å². The molecule has 0 heterocycles. The highest BCUT2D eigenvalue weighted by molar-refractivity contribution is 6.90. The number of rotatable bonds is 11. The summed E-state index contributed by atoms with van der Waals surface area (Å²) in [5, 5.41) is 3.49. The second-order valence-electron chi connectivity index (χ2n) is 10.6. The summed E-state index contributed by atoms with van der Waals surface area (Å²) in [6, 6.07) is 14.1. The van der Waals surface area contributed by atoms with Crippen LogP contribution in [0.2, 0.25) is 13.1 Å². The molecule has 0 bridgehead atoms. The zero-order valence-corrected chi connectivity index (χ0v) is 24.6. The number of nitrogens with one attached hydrogen (secondary N) is 1. The predicted octanol–water partition coefficient (Wildman–Crippen LogP) is 3.30. The zero-order chi connectivity index (χ0) is 28.5. The Morgan fingerprint density at radius 3 is 2.18 bits per heavy atom. The number of amides is 2. The summed E-state index contributed by atoms with van der Waals surface area (Å²) >= 11 is 0. The lowest BCUT2D eigenvalue weighted by Crippen LogP contribution is -2.60. The third-order valence-corrected chi connectivity index (χ3v) is 8.93. The number of hydrogen-bond donors (Lipinski definition) is 1. The quantitative estimate of drug-likeness (QED) is 0.342. The van der Waals surface area contributed by atoms with Gasteiger partial charge in [0.25, 0.3) is 0 Å². The summed E-state index contributed by atoms with van der Waals surface area (Å²) in [6.07, 6.45) is -0.177. The Labute approximate surface area is 226 Å². The molecular formula is C28H40N2O7Si. The Balaban J connectivity index is 2.45. The van der Waals surface area contributed by atoms with Crippen LogP contribution in [0, 0.1) is 0 Å². The first-order valence-electron chi connectivity index (χ1n) is 12.4. The van der Waals surface area contributed by atoms with Gasteiger partial charge in [-0.3, -0.25) is 4.79 Å². The minimum absolute atomic E-state index is 0.260. The SMILES string of the molecule is COC(=O)[C@H](Cc1ccccc1)N(C[Si](C)(C)c1ccc(OC)cc1OC)C(=O)CNC(=O)OC(C)(C)C. The van der Waals surface area contributed by atoms with Gasteiger partial charge in [0.05, 0.1) is 21.3 Å². The maximum Gasteiger partial charge on any atom is 0.408 e. The highest BCUT2D eigenvalue weighted by Crippen LogP contribution is 2.23. The van der Waals surface area contributed by atoms with Crippen molar-refractivity contribution in [2.45, 2.75) is 51.9 Å². The van der Waals surface area contributed by atoms with Crippen LogP contribution in [0.5, 0.6) is 11.5 Å². The van der Waals surface area contributed by atoms with Crippen molar-refractivity contribution in [3.63, 3.8) is 0 Å². The lowest BCUT2D eigenvalue weighted by Gasteiger charge is -2.36. The maximum absolute atomic E-state index is 13.6. The van der Waals surface area contributed by atoms with Crippen molar-refractivity contribution in [3.05, 3.63) is 54.1 Å². The average Bonchev–Trinajstić information content (AvgIpc) is 2.87. The summed E-state index contributed by atoms with van der Waals surface area (Å²) < 4.78 is 21.4. The number of alkyl carbamates (subject to hydrolysis) is 1. The summed E-state index contributed by atoms with van der Waals surface area (Å²) in [5.74, 6) is 0.348. The molecule has 0 saturated heterocycles. The van der Waals surface area contributed by atoms with Gasteiger partial charge >= 0.3 is 12.1 Å². The van der Waals surface area contributed by atoms with Crippen LogP contribution < -0.4 is 20.0 Å². The minimum Gasteiger partial charge on any atom is -0.497 e. The van der Waals surface area contributed by atoms with Crippen LogP contribution in [0.1, 0.15) is 26.3 Å². The Morgan fingerprint density at radius 2 is 1.63 bits per heavy atom. The molecule has 1 N–H and O–H groups in total. The van der Waals surface area contributed by atoms with Gasteiger partial charge in [0.15, 0.2) is 0 Å². The van der Waals surface area contributed by atoms with Crippen LogP contribution in [-0.2, 0) is 25.5 Å². The molecule has 9 nitrogen and oxygen atoms in total. The third kappa shape index (κ3) is 8.79. The van der Waals surface area contributed by atoms with Crippen molar-refractivity contribution in [3.8, 4) is 11.5 Å². The molecule has 0 radical (unpaired) electrons. The third-order valence-electron chi connectivity index (χ3n) is 5.93. The largest absolute Gasteiger partial charge is 0.497 e. The van der Waals surface area contributed by atoms with E-state index in [-0.39, 0.29) is 19.1 Å². The zero-order valence-electron chi connectivity index (χ0n) is 23.6. The van der Waals surface area contributed by atoms with Gasteiger partial charge in [0, 0.05) is 18.7 Å². The molecule has 2 aromatic carbocycles. The summed E-state index contributed by atoms with van der Waals surface area (Å²) in [7, 11) is 2.01. The molecule has 2 aromatic rings. The van der Waals surface area contributed by atoms with Crippen LogP contribution in [0.15, 0.2) is 48.5 Å². The monoisotopic (exact) mass is 544 g/mol. The van der Waals surface area contributed by atoms with Gasteiger partial charge in [-0.25, -0.2) is 9.59 Å². The normalized spacial score (nSPS) is 12.2. The molecule has 0 aliphatic heterocycles. The molecule has 0 saturated carbocycles. The van der Waals surface area contributed by atoms with E-state index in [9.17, 15) is 14.4 Å². The van der Waals surface area contributed by atoms with Crippen LogP contribution in [-0.4, -0.2) is 76.6 Å². The maximum atomic E-state index is 13.6. The highest BCUT2D eigenvalue weighted by Gasteiger charge is 2.38. The van der Waals surface area contributed by atoms with Crippen LogP contribution >= 0.6 is 0 Å². The van der Waals surface area contributed by atoms with E-state index >= 15 is 0 Å². The average molecular weight is 545 g/mol. The van der Waals surface area contributed by atoms with Crippen molar-refractivity contribution in [2.75, 3.05) is 34.0 Å². The Morgan fingerprint density at radius 1 is 0.974 bits per heavy atom. The number of nitrogens with zero attached hydrogens (tertiary/aromatic N) is 1. The first-order chi connectivity index (χ1) is 17.8. The van der Waals surface area contributed by atoms with Gasteiger partial charge in [0.1, 0.15) is 37.8 Å². The summed E-state index contributed by atoms with van der Waals surface area (Å²) in [4.78, 5) is 40.5. The van der Waals surface area contributed by atoms with E-state index in [1.165, 1.54) is 12.0 Å². The molecule has 10 heteroatoms. The van der Waals surface area contributed by atoms with Crippen LogP contribution in [0.4, 0.5) is 4.79 Å². The lowest BCUT2D eigenvalue weighted by atomic mass is 10.0. The first-order valence-corrected chi connectivity index (χ1v) is 15.6. The fourth-order valence-corrected chi connectivity index (χ4v) is 6.89. The van der Waals surface area contributed by atoms with Crippen LogP contribution in [0.3, 0.4) is 0 Å². The van der Waals surface area contributed by atoms with E-state index < -0.39 is 37.7 Å². The van der Waals surface area contributed by atoms with E-state index in [2.05, 4.69) is 18.4 Å². The fraction of sp³-hybridized carbons (Fsp3) is 0.464. The molecule has 1 atom stereocenters. The summed E-state index contributed by atoms with van der Waals surface area (Å²) in [5.41, 5.74) is 0.163. The number of methoxy groups -OCH3 is 3. The molecule has 0 spiro atoms. The fourth-order valence-electron chi connectivity index (χ4n) is 4.10. The minimum atomic E-state index is -2.47. The van der Waals surface area contributed by atoms with E-state index in [0.29, 0.717) is 11.5 Å². The molecule has 0 aliphatic rings. The Bertz CT molecular complexity index is 1100. The molecular weight excluding hydrogens is 504 g/mol. The standard InChI is InChI=1S/C28H40N2O7Si/c1-28(2,3)37-27(33)29-18-25(31)30(22(26(32)36-6)16-20-12-10-9-11-13-20)19-38(7,8)24-15-14-21(34-4)17-23(24)35-5/h9-15,17,22H,16,18-19H2,1-8H3,(H,29,33)/t22-/m0/s1. The van der Waals surface area contributed by atoms with Crippen LogP contribution in [0.25, 0.3) is 0 Å². The number of esters is 1. The Hall–Kier alpha value is -3.53. The molecule has 0 unspecified atom stereocenters. The van der Waals surface area contributed by atoms with Gasteiger partial charge < -0.3 is 29.2 Å².